The lowest BCUT2D eigenvalue weighted by Gasteiger charge is -2.16. The van der Waals surface area contributed by atoms with E-state index in [1.165, 1.54) is 9.58 Å². The molecular formula is C15H15BrN4O3. The molecule has 0 radical (unpaired) electrons. The SMILES string of the molecule is Cc1cc(C(=O)N(C)Cc2ccc(Br)o2)c2c(=O)[nH]n(C)c2n1. The number of pyridine rings is 1. The van der Waals surface area contributed by atoms with Crippen LogP contribution in [-0.4, -0.2) is 32.6 Å². The molecule has 3 aromatic rings. The number of fused-ring (bicyclic) bond motifs is 1. The van der Waals surface area contributed by atoms with Gasteiger partial charge in [-0.05, 0) is 41.1 Å². The Bertz CT molecular complexity index is 953. The van der Waals surface area contributed by atoms with E-state index in [1.54, 1.807) is 39.2 Å². The van der Waals surface area contributed by atoms with Crippen molar-refractivity contribution in [1.29, 1.82) is 0 Å². The van der Waals surface area contributed by atoms with Gasteiger partial charge in [0.05, 0.1) is 17.5 Å². The molecule has 0 aliphatic rings. The largest absolute Gasteiger partial charge is 0.452 e. The van der Waals surface area contributed by atoms with Crippen LogP contribution in [0.3, 0.4) is 0 Å². The summed E-state index contributed by atoms with van der Waals surface area (Å²) in [6.45, 7) is 2.09. The monoisotopic (exact) mass is 378 g/mol. The summed E-state index contributed by atoms with van der Waals surface area (Å²) in [5.74, 6) is 0.390. The highest BCUT2D eigenvalue weighted by molar-refractivity contribution is 9.10. The predicted octanol–water partition coefficient (Wildman–Crippen LogP) is 2.20. The summed E-state index contributed by atoms with van der Waals surface area (Å²) in [7, 11) is 3.35. The Morgan fingerprint density at radius 2 is 2.22 bits per heavy atom. The number of hydrogen-bond donors (Lipinski definition) is 1. The number of hydrogen-bond acceptors (Lipinski definition) is 4. The third kappa shape index (κ3) is 2.81. The molecule has 0 aliphatic heterocycles. The Morgan fingerprint density at radius 3 is 2.87 bits per heavy atom. The number of nitrogens with zero attached hydrogens (tertiary/aromatic N) is 3. The standard InChI is InChI=1S/C15H15BrN4O3/c1-8-6-10(12-13(17-8)20(3)18-14(12)21)15(22)19(2)7-9-4-5-11(16)23-9/h4-6H,7H2,1-3H3,(H,18,21). The number of aromatic amines is 1. The summed E-state index contributed by atoms with van der Waals surface area (Å²) in [6, 6.07) is 5.19. The highest BCUT2D eigenvalue weighted by atomic mass is 79.9. The first-order chi connectivity index (χ1) is 10.9. The molecule has 1 amide bonds. The van der Waals surface area contributed by atoms with Crippen molar-refractivity contribution in [3.63, 3.8) is 0 Å². The molecule has 0 bridgehead atoms. The number of H-pyrrole nitrogens is 1. The maximum atomic E-state index is 12.8. The van der Waals surface area contributed by atoms with Crippen LogP contribution < -0.4 is 5.56 Å². The molecule has 1 N–H and O–H groups in total. The maximum absolute atomic E-state index is 12.8. The number of furan rings is 1. The smallest absolute Gasteiger partial charge is 0.274 e. The van der Waals surface area contributed by atoms with E-state index in [1.807, 2.05) is 0 Å². The van der Waals surface area contributed by atoms with Gasteiger partial charge in [-0.1, -0.05) is 0 Å². The second kappa shape index (κ2) is 5.69. The first kappa shape index (κ1) is 15.5. The number of nitrogens with one attached hydrogen (secondary N) is 1. The van der Waals surface area contributed by atoms with Crippen LogP contribution in [0, 0.1) is 6.92 Å². The van der Waals surface area contributed by atoms with E-state index in [-0.39, 0.29) is 11.5 Å². The van der Waals surface area contributed by atoms with Crippen LogP contribution in [0.15, 0.2) is 32.1 Å². The number of aryl methyl sites for hydroxylation is 2. The molecule has 3 rings (SSSR count). The minimum atomic E-state index is -0.326. The van der Waals surface area contributed by atoms with Gasteiger partial charge in [0.15, 0.2) is 10.3 Å². The average Bonchev–Trinajstić information content (AvgIpc) is 3.01. The number of carbonyl (C=O) groups is 1. The maximum Gasteiger partial charge on any atom is 0.274 e. The van der Waals surface area contributed by atoms with Gasteiger partial charge in [0.2, 0.25) is 0 Å². The Kier molecular flexibility index (Phi) is 3.85. The normalized spacial score (nSPS) is 11.1. The van der Waals surface area contributed by atoms with Gasteiger partial charge < -0.3 is 9.32 Å². The van der Waals surface area contributed by atoms with E-state index in [0.29, 0.717) is 39.3 Å². The molecule has 0 spiro atoms. The lowest BCUT2D eigenvalue weighted by molar-refractivity contribution is 0.0776. The first-order valence-electron chi connectivity index (χ1n) is 6.93. The molecule has 120 valence electrons. The molecule has 0 fully saturated rings. The molecule has 0 aliphatic carbocycles. The van der Waals surface area contributed by atoms with Crippen molar-refractivity contribution in [3.05, 3.63) is 50.2 Å². The molecule has 8 heteroatoms. The van der Waals surface area contributed by atoms with Crippen LogP contribution in [0.5, 0.6) is 0 Å². The number of halogens is 1. The highest BCUT2D eigenvalue weighted by Crippen LogP contribution is 2.19. The van der Waals surface area contributed by atoms with Crippen molar-refractivity contribution >= 4 is 32.9 Å². The van der Waals surface area contributed by atoms with E-state index in [0.717, 1.165) is 0 Å². The van der Waals surface area contributed by atoms with Crippen molar-refractivity contribution < 1.29 is 9.21 Å². The molecule has 0 aromatic carbocycles. The zero-order valence-corrected chi connectivity index (χ0v) is 14.5. The topological polar surface area (TPSA) is 84.1 Å². The molecule has 23 heavy (non-hydrogen) atoms. The minimum Gasteiger partial charge on any atom is -0.452 e. The van der Waals surface area contributed by atoms with Crippen LogP contribution in [0.2, 0.25) is 0 Å². The number of rotatable bonds is 3. The van der Waals surface area contributed by atoms with Crippen LogP contribution in [0.4, 0.5) is 0 Å². The van der Waals surface area contributed by atoms with Crippen molar-refractivity contribution in [3.8, 4) is 0 Å². The summed E-state index contributed by atoms with van der Waals surface area (Å²) in [4.78, 5) is 30.7. The van der Waals surface area contributed by atoms with Gasteiger partial charge in [0.1, 0.15) is 5.76 Å². The average molecular weight is 379 g/mol. The lowest BCUT2D eigenvalue weighted by Crippen LogP contribution is -2.27. The van der Waals surface area contributed by atoms with E-state index in [4.69, 9.17) is 4.42 Å². The summed E-state index contributed by atoms with van der Waals surface area (Å²) >= 11 is 3.23. The molecular weight excluding hydrogens is 364 g/mol. The minimum absolute atomic E-state index is 0.260. The number of amides is 1. The predicted molar refractivity (Wildman–Crippen MR) is 88.3 cm³/mol. The first-order valence-corrected chi connectivity index (χ1v) is 7.72. The van der Waals surface area contributed by atoms with Gasteiger partial charge in [-0.2, -0.15) is 0 Å². The molecule has 3 heterocycles. The van der Waals surface area contributed by atoms with Crippen molar-refractivity contribution in [1.82, 2.24) is 19.7 Å². The van der Waals surface area contributed by atoms with Crippen molar-refractivity contribution in [2.45, 2.75) is 13.5 Å². The van der Waals surface area contributed by atoms with Gasteiger partial charge >= 0.3 is 0 Å². The summed E-state index contributed by atoms with van der Waals surface area (Å²) in [6.07, 6.45) is 0. The Balaban J connectivity index is 2.02. The molecule has 0 atom stereocenters. The van der Waals surface area contributed by atoms with Gasteiger partial charge in [0.25, 0.3) is 11.5 Å². The number of aromatic nitrogens is 3. The quantitative estimate of drug-likeness (QED) is 0.756. The van der Waals surface area contributed by atoms with Gasteiger partial charge in [-0.3, -0.25) is 19.4 Å². The highest BCUT2D eigenvalue weighted by Gasteiger charge is 2.21. The van der Waals surface area contributed by atoms with Crippen LogP contribution >= 0.6 is 15.9 Å². The van der Waals surface area contributed by atoms with Crippen LogP contribution in [-0.2, 0) is 13.6 Å². The number of carbonyl (C=O) groups excluding carboxylic acids is 1. The second-order valence-electron chi connectivity index (χ2n) is 5.38. The third-order valence-electron chi connectivity index (χ3n) is 3.54. The van der Waals surface area contributed by atoms with Gasteiger partial charge in [-0.15, -0.1) is 0 Å². The zero-order valence-electron chi connectivity index (χ0n) is 12.9. The third-order valence-corrected chi connectivity index (χ3v) is 3.97. The van der Waals surface area contributed by atoms with E-state index in [2.05, 4.69) is 26.0 Å². The fourth-order valence-corrected chi connectivity index (χ4v) is 2.84. The van der Waals surface area contributed by atoms with Gasteiger partial charge in [0, 0.05) is 19.8 Å². The van der Waals surface area contributed by atoms with E-state index < -0.39 is 0 Å². The fraction of sp³-hybridized carbons (Fsp3) is 0.267. The Morgan fingerprint density at radius 1 is 1.48 bits per heavy atom. The lowest BCUT2D eigenvalue weighted by atomic mass is 10.1. The summed E-state index contributed by atoms with van der Waals surface area (Å²) < 4.78 is 7.54. The van der Waals surface area contributed by atoms with Gasteiger partial charge in [-0.25, -0.2) is 4.98 Å². The molecule has 7 nitrogen and oxygen atoms in total. The molecule has 3 aromatic heterocycles. The summed E-state index contributed by atoms with van der Waals surface area (Å²) in [5.41, 5.74) is 1.15. The fourth-order valence-electron chi connectivity index (χ4n) is 2.50. The van der Waals surface area contributed by atoms with Crippen LogP contribution in [0.25, 0.3) is 11.0 Å². The van der Waals surface area contributed by atoms with Crippen molar-refractivity contribution in [2.24, 2.45) is 7.05 Å². The molecule has 0 unspecified atom stereocenters. The zero-order chi connectivity index (χ0) is 16.7. The Labute approximate surface area is 140 Å². The molecule has 0 saturated heterocycles. The second-order valence-corrected chi connectivity index (χ2v) is 6.16. The van der Waals surface area contributed by atoms with E-state index >= 15 is 0 Å². The summed E-state index contributed by atoms with van der Waals surface area (Å²) in [5, 5.41) is 2.93. The Hall–Kier alpha value is -2.35. The van der Waals surface area contributed by atoms with Crippen LogP contribution in [0.1, 0.15) is 21.8 Å². The van der Waals surface area contributed by atoms with E-state index in [9.17, 15) is 9.59 Å². The molecule has 0 saturated carbocycles. The van der Waals surface area contributed by atoms with Crippen molar-refractivity contribution in [2.75, 3.05) is 7.05 Å².